The zero-order valence-electron chi connectivity index (χ0n) is 12.4. The Labute approximate surface area is 128 Å². The van der Waals surface area contributed by atoms with Gasteiger partial charge in [-0.05, 0) is 31.9 Å². The largest absolute Gasteiger partial charge is 0.394 e. The number of aromatic nitrogens is 3. The molecule has 0 bridgehead atoms. The van der Waals surface area contributed by atoms with Gasteiger partial charge in [0.2, 0.25) is 0 Å². The fourth-order valence-electron chi connectivity index (χ4n) is 2.70. The van der Waals surface area contributed by atoms with Gasteiger partial charge in [-0.3, -0.25) is 5.10 Å². The molecule has 1 aliphatic heterocycles. The Morgan fingerprint density at radius 2 is 2.41 bits per heavy atom. The first-order valence-electron chi connectivity index (χ1n) is 7.35. The van der Waals surface area contributed by atoms with E-state index in [-0.39, 0.29) is 18.7 Å². The monoisotopic (exact) mass is 301 g/mol. The molecule has 116 valence electrons. The molecule has 0 radical (unpaired) electrons. The van der Waals surface area contributed by atoms with Gasteiger partial charge in [-0.2, -0.15) is 5.10 Å². The molecule has 0 unspecified atom stereocenters. The maximum atomic E-state index is 12.3. The Morgan fingerprint density at radius 3 is 3.14 bits per heavy atom. The van der Waals surface area contributed by atoms with E-state index in [0.717, 1.165) is 24.2 Å². The number of likely N-dealkylation sites (tertiary alicyclic amines) is 1. The number of aromatic amines is 1. The smallest absolute Gasteiger partial charge is 0.322 e. The molecule has 3 rings (SSSR count). The maximum Gasteiger partial charge on any atom is 0.322 e. The van der Waals surface area contributed by atoms with E-state index in [0.29, 0.717) is 18.1 Å². The van der Waals surface area contributed by atoms with Crippen LogP contribution in [0.25, 0.3) is 11.4 Å². The van der Waals surface area contributed by atoms with Gasteiger partial charge in [-0.25, -0.2) is 9.78 Å². The van der Waals surface area contributed by atoms with Gasteiger partial charge in [-0.1, -0.05) is 12.1 Å². The molecule has 2 amide bonds. The topological polar surface area (TPSA) is 94.1 Å². The van der Waals surface area contributed by atoms with Crippen molar-refractivity contribution in [3.63, 3.8) is 0 Å². The third-order valence-electron chi connectivity index (χ3n) is 3.82. The summed E-state index contributed by atoms with van der Waals surface area (Å²) in [5.74, 6) is 1.34. The van der Waals surface area contributed by atoms with Gasteiger partial charge in [0.15, 0.2) is 5.82 Å². The standard InChI is InChI=1S/C15H19N5O2/c1-10-16-14(19-18-10)11-4-2-5-12(8-11)17-15(22)20-7-3-6-13(20)9-21/h2,4-5,8,13,21H,3,6-7,9H2,1H3,(H,17,22)(H,16,18,19)/t13-/m0/s1. The molecule has 2 heterocycles. The highest BCUT2D eigenvalue weighted by atomic mass is 16.3. The molecule has 2 aromatic rings. The van der Waals surface area contributed by atoms with Crippen LogP contribution in [-0.4, -0.2) is 50.4 Å². The molecule has 22 heavy (non-hydrogen) atoms. The number of carbonyl (C=O) groups excluding carboxylic acids is 1. The SMILES string of the molecule is Cc1nc(-c2cccc(NC(=O)N3CCC[C@H]3CO)c2)n[nH]1. The lowest BCUT2D eigenvalue weighted by Crippen LogP contribution is -2.40. The molecule has 1 atom stereocenters. The van der Waals surface area contributed by atoms with Crippen LogP contribution < -0.4 is 5.32 Å². The van der Waals surface area contributed by atoms with Crippen LogP contribution in [0.4, 0.5) is 10.5 Å². The summed E-state index contributed by atoms with van der Waals surface area (Å²) in [6.07, 6.45) is 1.77. The number of H-pyrrole nitrogens is 1. The first-order valence-corrected chi connectivity index (χ1v) is 7.35. The van der Waals surface area contributed by atoms with Crippen molar-refractivity contribution in [2.24, 2.45) is 0 Å². The second-order valence-electron chi connectivity index (χ2n) is 5.43. The van der Waals surface area contributed by atoms with Gasteiger partial charge in [-0.15, -0.1) is 0 Å². The van der Waals surface area contributed by atoms with Crippen molar-refractivity contribution in [2.45, 2.75) is 25.8 Å². The summed E-state index contributed by atoms with van der Waals surface area (Å²) < 4.78 is 0. The lowest BCUT2D eigenvalue weighted by Gasteiger charge is -2.23. The highest BCUT2D eigenvalue weighted by molar-refractivity contribution is 5.90. The molecule has 3 N–H and O–H groups in total. The van der Waals surface area contributed by atoms with Gasteiger partial charge >= 0.3 is 6.03 Å². The van der Waals surface area contributed by atoms with Crippen LogP contribution in [0.5, 0.6) is 0 Å². The Kier molecular flexibility index (Phi) is 4.06. The number of urea groups is 1. The van der Waals surface area contributed by atoms with E-state index in [1.54, 1.807) is 4.90 Å². The number of rotatable bonds is 3. The van der Waals surface area contributed by atoms with Crippen LogP contribution in [-0.2, 0) is 0 Å². The van der Waals surface area contributed by atoms with Gasteiger partial charge in [0.25, 0.3) is 0 Å². The summed E-state index contributed by atoms with van der Waals surface area (Å²) in [5.41, 5.74) is 1.52. The summed E-state index contributed by atoms with van der Waals surface area (Å²) >= 11 is 0. The summed E-state index contributed by atoms with van der Waals surface area (Å²) in [6, 6.07) is 7.14. The minimum atomic E-state index is -0.181. The Hall–Kier alpha value is -2.41. The van der Waals surface area contributed by atoms with Gasteiger partial charge in [0.05, 0.1) is 12.6 Å². The lowest BCUT2D eigenvalue weighted by atomic mass is 10.2. The first-order chi connectivity index (χ1) is 10.7. The zero-order chi connectivity index (χ0) is 15.5. The number of anilines is 1. The van der Waals surface area contributed by atoms with Crippen LogP contribution in [0.1, 0.15) is 18.7 Å². The van der Waals surface area contributed by atoms with Crippen molar-refractivity contribution in [1.29, 1.82) is 0 Å². The molecule has 1 fully saturated rings. The van der Waals surface area contributed by atoms with Gasteiger partial charge in [0.1, 0.15) is 5.82 Å². The number of aryl methyl sites for hydroxylation is 1. The lowest BCUT2D eigenvalue weighted by molar-refractivity contribution is 0.166. The van der Waals surface area contributed by atoms with Crippen molar-refractivity contribution >= 4 is 11.7 Å². The normalized spacial score (nSPS) is 17.7. The number of hydrogen-bond donors (Lipinski definition) is 3. The minimum absolute atomic E-state index is 0.00390. The number of nitrogens with zero attached hydrogens (tertiary/aromatic N) is 3. The van der Waals surface area contributed by atoms with E-state index in [1.807, 2.05) is 31.2 Å². The van der Waals surface area contributed by atoms with E-state index in [9.17, 15) is 9.90 Å². The molecule has 1 aliphatic rings. The summed E-state index contributed by atoms with van der Waals surface area (Å²) in [5, 5.41) is 19.1. The van der Waals surface area contributed by atoms with Gasteiger partial charge in [0, 0.05) is 17.8 Å². The Balaban J connectivity index is 1.74. The average Bonchev–Trinajstić information content (AvgIpc) is 3.16. The predicted octanol–water partition coefficient (Wildman–Crippen LogP) is 1.77. The molecular weight excluding hydrogens is 282 g/mol. The summed E-state index contributed by atoms with van der Waals surface area (Å²) in [4.78, 5) is 18.3. The predicted molar refractivity (Wildman–Crippen MR) is 82.4 cm³/mol. The maximum absolute atomic E-state index is 12.3. The zero-order valence-corrected chi connectivity index (χ0v) is 12.4. The number of aliphatic hydroxyl groups excluding tert-OH is 1. The molecule has 0 spiro atoms. The summed E-state index contributed by atoms with van der Waals surface area (Å²) in [6.45, 7) is 2.52. The number of benzene rings is 1. The third kappa shape index (κ3) is 2.94. The van der Waals surface area contributed by atoms with Crippen molar-refractivity contribution in [1.82, 2.24) is 20.1 Å². The molecule has 1 aromatic heterocycles. The molecule has 0 saturated carbocycles. The molecular formula is C15H19N5O2. The fourth-order valence-corrected chi connectivity index (χ4v) is 2.70. The first kappa shape index (κ1) is 14.5. The minimum Gasteiger partial charge on any atom is -0.394 e. The number of hydrogen-bond acceptors (Lipinski definition) is 4. The average molecular weight is 301 g/mol. The van der Waals surface area contributed by atoms with Crippen molar-refractivity contribution in [3.8, 4) is 11.4 Å². The fraction of sp³-hybridized carbons (Fsp3) is 0.400. The van der Waals surface area contributed by atoms with Crippen molar-refractivity contribution in [2.75, 3.05) is 18.5 Å². The molecule has 7 heteroatoms. The number of nitrogens with one attached hydrogen (secondary N) is 2. The Morgan fingerprint density at radius 1 is 1.55 bits per heavy atom. The van der Waals surface area contributed by atoms with E-state index in [4.69, 9.17) is 0 Å². The molecule has 0 aliphatic carbocycles. The van der Waals surface area contributed by atoms with Crippen LogP contribution in [0.2, 0.25) is 0 Å². The second kappa shape index (κ2) is 6.15. The van der Waals surface area contributed by atoms with Crippen LogP contribution in [0, 0.1) is 6.92 Å². The highest BCUT2D eigenvalue weighted by Gasteiger charge is 2.28. The van der Waals surface area contributed by atoms with Crippen LogP contribution >= 0.6 is 0 Å². The number of amides is 2. The third-order valence-corrected chi connectivity index (χ3v) is 3.82. The van der Waals surface area contributed by atoms with Crippen molar-refractivity contribution < 1.29 is 9.90 Å². The van der Waals surface area contributed by atoms with Crippen molar-refractivity contribution in [3.05, 3.63) is 30.1 Å². The molecule has 1 aromatic carbocycles. The van der Waals surface area contributed by atoms with Crippen LogP contribution in [0.15, 0.2) is 24.3 Å². The number of aliphatic hydroxyl groups is 1. The van der Waals surface area contributed by atoms with Gasteiger partial charge < -0.3 is 15.3 Å². The quantitative estimate of drug-likeness (QED) is 0.805. The molecule has 7 nitrogen and oxygen atoms in total. The van der Waals surface area contributed by atoms with E-state index in [2.05, 4.69) is 20.5 Å². The highest BCUT2D eigenvalue weighted by Crippen LogP contribution is 2.21. The van der Waals surface area contributed by atoms with E-state index >= 15 is 0 Å². The van der Waals surface area contributed by atoms with E-state index < -0.39 is 0 Å². The number of carbonyl (C=O) groups is 1. The van der Waals surface area contributed by atoms with E-state index in [1.165, 1.54) is 0 Å². The summed E-state index contributed by atoms with van der Waals surface area (Å²) in [7, 11) is 0. The Bertz CT molecular complexity index is 669. The molecule has 1 saturated heterocycles. The second-order valence-corrected chi connectivity index (χ2v) is 5.43. The van der Waals surface area contributed by atoms with Crippen LogP contribution in [0.3, 0.4) is 0 Å².